The molecule has 2 heterocycles. The predicted octanol–water partition coefficient (Wildman–Crippen LogP) is 2.49. The molecule has 9 heteroatoms. The highest BCUT2D eigenvalue weighted by Gasteiger charge is 2.27. The molecule has 1 aliphatic heterocycles. The lowest BCUT2D eigenvalue weighted by atomic mass is 10.1. The molecule has 1 aliphatic rings. The van der Waals surface area contributed by atoms with Gasteiger partial charge in [0, 0.05) is 51.0 Å². The van der Waals surface area contributed by atoms with E-state index in [0.29, 0.717) is 23.0 Å². The zero-order valence-electron chi connectivity index (χ0n) is 17.1. The summed E-state index contributed by atoms with van der Waals surface area (Å²) in [4.78, 5) is 4.95. The predicted molar refractivity (Wildman–Crippen MR) is 113 cm³/mol. The van der Waals surface area contributed by atoms with Crippen molar-refractivity contribution in [2.75, 3.05) is 45.2 Å². The molecule has 0 amide bonds. The molecule has 1 fully saturated rings. The van der Waals surface area contributed by atoms with Gasteiger partial charge >= 0.3 is 0 Å². The maximum absolute atomic E-state index is 12.6. The summed E-state index contributed by atoms with van der Waals surface area (Å²) in [5, 5.41) is 5.24. The summed E-state index contributed by atoms with van der Waals surface area (Å²) in [6.07, 6.45) is 0. The van der Waals surface area contributed by atoms with Crippen molar-refractivity contribution in [1.29, 1.82) is 0 Å². The van der Waals surface area contributed by atoms with Crippen LogP contribution in [0, 0.1) is 20.8 Å². The molecule has 0 unspecified atom stereocenters. The molecule has 1 aromatic heterocycles. The van der Waals surface area contributed by atoms with Crippen molar-refractivity contribution in [3.8, 4) is 0 Å². The average Bonchev–Trinajstić information content (AvgIpc) is 2.91. The van der Waals surface area contributed by atoms with Crippen LogP contribution in [0.5, 0.6) is 0 Å². The number of halogens is 1. The van der Waals surface area contributed by atoms with Crippen molar-refractivity contribution in [1.82, 2.24) is 19.0 Å². The molecular weight excluding hydrogens is 398 g/mol. The highest BCUT2D eigenvalue weighted by Crippen LogP contribution is 2.26. The van der Waals surface area contributed by atoms with Crippen LogP contribution in [0.1, 0.15) is 17.0 Å². The number of rotatable bonds is 5. The number of piperazine rings is 1. The molecule has 7 nitrogen and oxygen atoms in total. The van der Waals surface area contributed by atoms with Gasteiger partial charge in [0.15, 0.2) is 0 Å². The fraction of sp³-hybridized carbons (Fsp3) is 0.526. The smallest absolute Gasteiger partial charge is 0.246 e. The van der Waals surface area contributed by atoms with Gasteiger partial charge in [0.2, 0.25) is 10.0 Å². The lowest BCUT2D eigenvalue weighted by molar-refractivity contribution is 0.193. The zero-order valence-corrected chi connectivity index (χ0v) is 18.7. The van der Waals surface area contributed by atoms with Crippen molar-refractivity contribution in [3.05, 3.63) is 40.2 Å². The fourth-order valence-electron chi connectivity index (χ4n) is 3.62. The summed E-state index contributed by atoms with van der Waals surface area (Å²) in [7, 11) is -0.413. The van der Waals surface area contributed by atoms with Crippen molar-refractivity contribution in [3.63, 3.8) is 0 Å². The van der Waals surface area contributed by atoms with E-state index in [-0.39, 0.29) is 0 Å². The first-order valence-corrected chi connectivity index (χ1v) is 11.1. The number of nitrogens with zero attached hydrogens (tertiary/aromatic N) is 5. The van der Waals surface area contributed by atoms with Gasteiger partial charge in [-0.3, -0.25) is 9.58 Å². The first kappa shape index (κ1) is 21.1. The Hall–Kier alpha value is -1.61. The lowest BCUT2D eigenvalue weighted by Crippen LogP contribution is -2.47. The minimum Gasteiger partial charge on any atom is -0.369 e. The summed E-state index contributed by atoms with van der Waals surface area (Å²) in [5.41, 5.74) is 3.62. The highest BCUT2D eigenvalue weighted by molar-refractivity contribution is 7.89. The Labute approximate surface area is 172 Å². The maximum atomic E-state index is 12.6. The van der Waals surface area contributed by atoms with Gasteiger partial charge in [0.1, 0.15) is 4.90 Å². The Morgan fingerprint density at radius 2 is 1.75 bits per heavy atom. The van der Waals surface area contributed by atoms with E-state index < -0.39 is 10.0 Å². The minimum absolute atomic E-state index is 0.311. The molecule has 0 spiro atoms. The fourth-order valence-corrected chi connectivity index (χ4v) is 5.04. The van der Waals surface area contributed by atoms with Crippen LogP contribution in [0.3, 0.4) is 0 Å². The van der Waals surface area contributed by atoms with E-state index in [1.54, 1.807) is 25.7 Å². The quantitative estimate of drug-likeness (QED) is 0.736. The molecule has 3 rings (SSSR count). The molecule has 0 radical (unpaired) electrons. The van der Waals surface area contributed by atoms with Gasteiger partial charge in [0.05, 0.1) is 18.1 Å². The summed E-state index contributed by atoms with van der Waals surface area (Å²) in [6, 6.07) is 5.98. The Bertz CT molecular complexity index is 963. The van der Waals surface area contributed by atoms with Crippen molar-refractivity contribution in [2.24, 2.45) is 0 Å². The van der Waals surface area contributed by atoms with Gasteiger partial charge < -0.3 is 4.90 Å². The van der Waals surface area contributed by atoms with Crippen LogP contribution in [0.25, 0.3) is 0 Å². The van der Waals surface area contributed by atoms with Gasteiger partial charge in [-0.15, -0.1) is 0 Å². The average molecular weight is 426 g/mol. The number of sulfonamides is 1. The largest absolute Gasteiger partial charge is 0.369 e. The van der Waals surface area contributed by atoms with Gasteiger partial charge in [-0.2, -0.15) is 5.10 Å². The molecule has 0 atom stereocenters. The van der Waals surface area contributed by atoms with Crippen LogP contribution in [-0.2, 0) is 16.7 Å². The number of aromatic nitrogens is 2. The molecule has 28 heavy (non-hydrogen) atoms. The van der Waals surface area contributed by atoms with E-state index in [2.05, 4.69) is 21.8 Å². The Morgan fingerprint density at radius 1 is 1.11 bits per heavy atom. The van der Waals surface area contributed by atoms with E-state index >= 15 is 0 Å². The minimum atomic E-state index is -3.50. The standard InChI is InChI=1S/C19H28ClN5O2S/c1-14-6-7-17(20)12-18(14)24-10-8-23(9-11-24)13-25-16(3)19(15(2)21-25)28(26,27)22(4)5/h6-7,12H,8-11,13H2,1-5H3. The lowest BCUT2D eigenvalue weighted by Gasteiger charge is -2.36. The van der Waals surface area contributed by atoms with Crippen LogP contribution in [0.4, 0.5) is 5.69 Å². The molecule has 2 aromatic rings. The van der Waals surface area contributed by atoms with Crippen LogP contribution < -0.4 is 4.90 Å². The summed E-state index contributed by atoms with van der Waals surface area (Å²) in [6.45, 7) is 9.78. The molecule has 0 saturated carbocycles. The maximum Gasteiger partial charge on any atom is 0.246 e. The second-order valence-corrected chi connectivity index (χ2v) is 9.99. The van der Waals surface area contributed by atoms with E-state index in [9.17, 15) is 8.42 Å². The third-order valence-electron chi connectivity index (χ3n) is 5.27. The van der Waals surface area contributed by atoms with Crippen LogP contribution in [0.2, 0.25) is 5.02 Å². The molecule has 1 aromatic carbocycles. The van der Waals surface area contributed by atoms with Gasteiger partial charge in [-0.05, 0) is 38.5 Å². The second-order valence-electron chi connectivity index (χ2n) is 7.46. The van der Waals surface area contributed by atoms with Gasteiger partial charge in [-0.1, -0.05) is 17.7 Å². The number of hydrogen-bond acceptors (Lipinski definition) is 5. The van der Waals surface area contributed by atoms with Crippen LogP contribution in [-0.4, -0.2) is 67.7 Å². The van der Waals surface area contributed by atoms with Crippen LogP contribution >= 0.6 is 11.6 Å². The Morgan fingerprint density at radius 3 is 2.36 bits per heavy atom. The zero-order chi connectivity index (χ0) is 20.6. The van der Waals surface area contributed by atoms with Gasteiger partial charge in [0.25, 0.3) is 0 Å². The van der Waals surface area contributed by atoms with E-state index in [4.69, 9.17) is 11.6 Å². The first-order valence-electron chi connectivity index (χ1n) is 9.31. The second kappa shape index (κ2) is 8.02. The molecule has 1 saturated heterocycles. The third kappa shape index (κ3) is 4.05. The monoisotopic (exact) mass is 425 g/mol. The summed E-state index contributed by atoms with van der Waals surface area (Å²) >= 11 is 6.16. The number of benzene rings is 1. The molecule has 0 N–H and O–H groups in total. The topological polar surface area (TPSA) is 61.7 Å². The summed E-state index contributed by atoms with van der Waals surface area (Å²) < 4.78 is 28.2. The third-order valence-corrected chi connectivity index (χ3v) is 7.58. The van der Waals surface area contributed by atoms with Crippen molar-refractivity contribution < 1.29 is 8.42 Å². The van der Waals surface area contributed by atoms with Crippen molar-refractivity contribution >= 4 is 27.3 Å². The molecule has 0 aliphatic carbocycles. The summed E-state index contributed by atoms with van der Waals surface area (Å²) in [5.74, 6) is 0. The molecule has 154 valence electrons. The van der Waals surface area contributed by atoms with E-state index in [1.807, 2.05) is 25.1 Å². The van der Waals surface area contributed by atoms with Crippen LogP contribution in [0.15, 0.2) is 23.1 Å². The molecule has 0 bridgehead atoms. The molecular formula is C19H28ClN5O2S. The number of anilines is 1. The van der Waals surface area contributed by atoms with E-state index in [1.165, 1.54) is 15.6 Å². The van der Waals surface area contributed by atoms with E-state index in [0.717, 1.165) is 31.2 Å². The number of hydrogen-bond donors (Lipinski definition) is 0. The van der Waals surface area contributed by atoms with Crippen molar-refractivity contribution in [2.45, 2.75) is 32.3 Å². The SMILES string of the molecule is Cc1ccc(Cl)cc1N1CCN(Cn2nc(C)c(S(=O)(=O)N(C)C)c2C)CC1. The Balaban J connectivity index is 1.71. The Kier molecular flexibility index (Phi) is 6.05. The first-order chi connectivity index (χ1) is 13.1. The highest BCUT2D eigenvalue weighted by atomic mass is 35.5. The number of aryl methyl sites for hydroxylation is 2. The normalized spacial score (nSPS) is 16.2. The van der Waals surface area contributed by atoms with Gasteiger partial charge in [-0.25, -0.2) is 12.7 Å².